The molecule has 2 unspecified atom stereocenters. The maximum Gasteiger partial charge on any atom is 0.335 e. The summed E-state index contributed by atoms with van der Waals surface area (Å²) in [5, 5.41) is 11.6. The molecule has 1 N–H and O–H groups in total. The Morgan fingerprint density at radius 2 is 1.53 bits per heavy atom. The third-order valence-corrected chi connectivity index (χ3v) is 17.6. The van der Waals surface area contributed by atoms with E-state index in [1.165, 1.54) is 0 Å². The largest absolute Gasteiger partial charge is 0.414 e. The molecule has 32 heavy (non-hydrogen) atoms. The molecule has 0 aliphatic carbocycles. The van der Waals surface area contributed by atoms with E-state index in [0.29, 0.717) is 0 Å². The van der Waals surface area contributed by atoms with E-state index in [1.807, 2.05) is 0 Å². The summed E-state index contributed by atoms with van der Waals surface area (Å²) in [7, 11) is -3.14. The predicted molar refractivity (Wildman–Crippen MR) is 129 cm³/mol. The van der Waals surface area contributed by atoms with Crippen LogP contribution in [0.3, 0.4) is 0 Å². The van der Waals surface area contributed by atoms with Gasteiger partial charge in [-0.1, -0.05) is 55.4 Å². The zero-order valence-electron chi connectivity index (χ0n) is 21.0. The normalized spacial score (nSPS) is 33.0. The van der Waals surface area contributed by atoms with E-state index >= 15 is 0 Å². The van der Waals surface area contributed by atoms with E-state index in [9.17, 15) is 13.5 Å². The zero-order chi connectivity index (χ0) is 24.7. The Balaban J connectivity index is 2.51. The van der Waals surface area contributed by atoms with Crippen molar-refractivity contribution in [3.63, 3.8) is 0 Å². The van der Waals surface area contributed by atoms with Crippen LogP contribution in [0.5, 0.6) is 0 Å². The van der Waals surface area contributed by atoms with Gasteiger partial charge in [0, 0.05) is 12.4 Å². The second-order valence-corrected chi connectivity index (χ2v) is 20.9. The van der Waals surface area contributed by atoms with Crippen molar-refractivity contribution in [2.45, 2.75) is 108 Å². The van der Waals surface area contributed by atoms with Crippen molar-refractivity contribution in [3.8, 4) is 0 Å². The Morgan fingerprint density at radius 3 is 1.97 bits per heavy atom. The third-order valence-electron chi connectivity index (χ3n) is 6.77. The number of hydrogen-bond donors (Lipinski definition) is 1. The van der Waals surface area contributed by atoms with Crippen molar-refractivity contribution < 1.29 is 35.4 Å². The maximum absolute atomic E-state index is 11.6. The fourth-order valence-corrected chi connectivity index (χ4v) is 16.6. The van der Waals surface area contributed by atoms with Crippen molar-refractivity contribution in [2.75, 3.05) is 19.5 Å². The van der Waals surface area contributed by atoms with Gasteiger partial charge in [-0.05, 0) is 22.2 Å². The summed E-state index contributed by atoms with van der Waals surface area (Å²) in [5.74, 6) is 0. The second kappa shape index (κ2) is 10.1. The van der Waals surface area contributed by atoms with Crippen LogP contribution in [0.15, 0.2) is 0 Å². The minimum absolute atomic E-state index is 0.0555. The van der Waals surface area contributed by atoms with Gasteiger partial charge in [-0.3, -0.25) is 4.18 Å². The van der Waals surface area contributed by atoms with Gasteiger partial charge in [0.05, 0.1) is 19.5 Å². The lowest BCUT2D eigenvalue weighted by Crippen LogP contribution is -2.67. The summed E-state index contributed by atoms with van der Waals surface area (Å²) >= 11 is 0. The van der Waals surface area contributed by atoms with Crippen LogP contribution >= 0.6 is 0 Å². The smallest absolute Gasteiger partial charge is 0.335 e. The minimum Gasteiger partial charge on any atom is -0.414 e. The quantitative estimate of drug-likeness (QED) is 0.395. The number of fused-ring (bicyclic) bond motifs is 1. The molecule has 2 saturated heterocycles. The fraction of sp³-hybridized carbons (Fsp3) is 1.00. The van der Waals surface area contributed by atoms with E-state index in [4.69, 9.17) is 29.7 Å². The molecule has 2 fully saturated rings. The van der Waals surface area contributed by atoms with E-state index in [0.717, 1.165) is 6.26 Å². The SMILES string of the molecule is [B]C1OC2CO[Si](C(C)C)(C(C)C)O[Si](C(C)C)(C(C)C)O[C@H]2[C@@]1(O)CCOS(C)(=O)=O. The van der Waals surface area contributed by atoms with Gasteiger partial charge in [-0.2, -0.15) is 8.42 Å². The van der Waals surface area contributed by atoms with Crippen LogP contribution in [-0.2, 0) is 32.0 Å². The minimum atomic E-state index is -3.66. The van der Waals surface area contributed by atoms with Crippen molar-refractivity contribution in [1.29, 1.82) is 0 Å². The number of aliphatic hydroxyl groups is 1. The van der Waals surface area contributed by atoms with Crippen LogP contribution in [0.25, 0.3) is 0 Å². The van der Waals surface area contributed by atoms with E-state index in [1.54, 1.807) is 0 Å². The first-order valence-electron chi connectivity index (χ1n) is 11.5. The van der Waals surface area contributed by atoms with Crippen LogP contribution in [-0.4, -0.2) is 81.8 Å². The molecule has 2 aliphatic heterocycles. The van der Waals surface area contributed by atoms with Gasteiger partial charge in [0.15, 0.2) is 0 Å². The van der Waals surface area contributed by atoms with E-state index in [-0.39, 0.29) is 41.8 Å². The topological polar surface area (TPSA) is 101 Å². The Morgan fingerprint density at radius 1 is 1.03 bits per heavy atom. The lowest BCUT2D eigenvalue weighted by Gasteiger charge is -2.52. The van der Waals surface area contributed by atoms with Gasteiger partial charge in [-0.15, -0.1) is 0 Å². The Kier molecular flexibility index (Phi) is 8.94. The van der Waals surface area contributed by atoms with Crippen molar-refractivity contribution in [1.82, 2.24) is 0 Å². The molecule has 2 radical (unpaired) electrons. The van der Waals surface area contributed by atoms with Gasteiger partial charge < -0.3 is 22.8 Å². The Labute approximate surface area is 197 Å². The maximum atomic E-state index is 11.6. The van der Waals surface area contributed by atoms with Crippen LogP contribution in [0, 0.1) is 0 Å². The van der Waals surface area contributed by atoms with Gasteiger partial charge in [0.25, 0.3) is 10.1 Å². The van der Waals surface area contributed by atoms with Gasteiger partial charge in [0.1, 0.15) is 25.7 Å². The molecule has 0 bridgehead atoms. The summed E-state index contributed by atoms with van der Waals surface area (Å²) in [4.78, 5) is 0. The highest BCUT2D eigenvalue weighted by molar-refractivity contribution is 7.85. The molecule has 2 aliphatic rings. The molecule has 2 heterocycles. The van der Waals surface area contributed by atoms with Gasteiger partial charge in [0.2, 0.25) is 0 Å². The fourth-order valence-electron chi connectivity index (χ4n) is 4.93. The third kappa shape index (κ3) is 5.38. The monoisotopic (exact) mass is 508 g/mol. The molecule has 0 aromatic heterocycles. The molecule has 186 valence electrons. The molecule has 0 amide bonds. The van der Waals surface area contributed by atoms with E-state index in [2.05, 4.69) is 55.4 Å². The van der Waals surface area contributed by atoms with Gasteiger partial charge in [-0.25, -0.2) is 0 Å². The highest BCUT2D eigenvalue weighted by Gasteiger charge is 2.64. The molecule has 12 heteroatoms. The van der Waals surface area contributed by atoms with Crippen LogP contribution in [0.4, 0.5) is 0 Å². The van der Waals surface area contributed by atoms with Crippen molar-refractivity contribution in [3.05, 3.63) is 0 Å². The lowest BCUT2D eigenvalue weighted by atomic mass is 9.78. The van der Waals surface area contributed by atoms with Gasteiger partial charge >= 0.3 is 17.1 Å². The van der Waals surface area contributed by atoms with Crippen molar-refractivity contribution >= 4 is 35.1 Å². The van der Waals surface area contributed by atoms with Crippen LogP contribution in [0.1, 0.15) is 61.8 Å². The Bertz CT molecular complexity index is 732. The molecule has 0 spiro atoms. The van der Waals surface area contributed by atoms with E-state index < -0.39 is 51.1 Å². The summed E-state index contributed by atoms with van der Waals surface area (Å²) in [6, 6.07) is -1.07. The zero-order valence-corrected chi connectivity index (χ0v) is 23.8. The summed E-state index contributed by atoms with van der Waals surface area (Å²) in [6.45, 7) is 16.8. The number of ether oxygens (including phenoxy) is 1. The summed E-state index contributed by atoms with van der Waals surface area (Å²) in [6.07, 6.45) is -0.495. The Hall–Kier alpha value is 0.209. The van der Waals surface area contributed by atoms with Crippen LogP contribution < -0.4 is 0 Å². The lowest BCUT2D eigenvalue weighted by molar-refractivity contribution is -0.0778. The molecule has 0 saturated carbocycles. The molecule has 2 rings (SSSR count). The first-order chi connectivity index (χ1) is 14.5. The first kappa shape index (κ1) is 28.4. The first-order valence-corrected chi connectivity index (χ1v) is 17.3. The summed E-state index contributed by atoms with van der Waals surface area (Å²) in [5.41, 5.74) is -1.13. The second-order valence-electron chi connectivity index (χ2n) is 10.4. The molecule has 8 nitrogen and oxygen atoms in total. The average molecular weight is 509 g/mol. The molecular weight excluding hydrogens is 467 g/mol. The van der Waals surface area contributed by atoms with Crippen LogP contribution in [0.2, 0.25) is 22.2 Å². The number of rotatable bonds is 8. The highest BCUT2D eigenvalue weighted by atomic mass is 32.2. The standard InChI is InChI=1S/C20H41BO8SSi2/c1-13(2)31(14(3)4)26-12-17-18(28-32(29-31,15(5)6)16(7)8)20(22,19(21)27-17)10-11-25-30(9,23)24/h13-19,22H,10-12H2,1-9H3/t17?,18-,19?,20+/m1/s1. The molecule has 0 aromatic rings. The average Bonchev–Trinajstić information content (AvgIpc) is 2.83. The molecular formula is C20H41BO8SSi2. The van der Waals surface area contributed by atoms with Crippen molar-refractivity contribution in [2.24, 2.45) is 0 Å². The molecule has 4 atom stereocenters. The summed E-state index contributed by atoms with van der Waals surface area (Å²) < 4.78 is 54.3. The number of hydrogen-bond acceptors (Lipinski definition) is 8. The highest BCUT2D eigenvalue weighted by Crippen LogP contribution is 2.49. The predicted octanol–water partition coefficient (Wildman–Crippen LogP) is 2.93. The molecule has 0 aromatic carbocycles.